The van der Waals surface area contributed by atoms with Crippen LogP contribution in [0.1, 0.15) is 27.7 Å². The Kier molecular flexibility index (Phi) is 40.9. The van der Waals surface area contributed by atoms with Gasteiger partial charge < -0.3 is 30.5 Å². The summed E-state index contributed by atoms with van der Waals surface area (Å²) in [7, 11) is 0. The van der Waals surface area contributed by atoms with Gasteiger partial charge >= 0.3 is 17.9 Å². The third-order valence-corrected chi connectivity index (χ3v) is 1.41. The molecule has 0 aliphatic heterocycles. The van der Waals surface area contributed by atoms with Crippen molar-refractivity contribution in [2.24, 2.45) is 17.4 Å². The van der Waals surface area contributed by atoms with Crippen LogP contribution in [0, 0.1) is 0 Å². The molecule has 0 fully saturated rings. The lowest BCUT2D eigenvalue weighted by Gasteiger charge is -1.99. The van der Waals surface area contributed by atoms with Gasteiger partial charge in [-0.3, -0.25) is 16.5 Å². The van der Waals surface area contributed by atoms with E-state index in [1.54, 1.807) is 27.7 Å². The fourth-order valence-electron chi connectivity index (χ4n) is 0.675. The van der Waals surface area contributed by atoms with E-state index in [0.29, 0.717) is 0 Å². The van der Waals surface area contributed by atoms with Gasteiger partial charge in [0, 0.05) is 6.61 Å². The molecule has 0 rings (SSSR count). The van der Waals surface area contributed by atoms with Crippen LogP contribution in [0.4, 0.5) is 0 Å². The van der Waals surface area contributed by atoms with Gasteiger partial charge in [-0.05, 0) is 27.7 Å². The van der Waals surface area contributed by atoms with Crippen LogP contribution < -0.4 is 17.4 Å². The number of aliphatic hydroxyl groups excluding tert-OH is 1. The maximum Gasteiger partial charge on any atom is 0.417 e. The van der Waals surface area contributed by atoms with Gasteiger partial charge in [-0.2, -0.15) is 0 Å². The van der Waals surface area contributed by atoms with E-state index in [2.05, 4.69) is 25.9 Å². The van der Waals surface area contributed by atoms with Crippen LogP contribution in [0.25, 0.3) is 0 Å². The molecule has 0 aliphatic carbocycles. The molecule has 152 valence electrons. The predicted octanol–water partition coefficient (Wildman–Crippen LogP) is -2.82. The largest absolute Gasteiger partial charge is 0.460 e. The summed E-state index contributed by atoms with van der Waals surface area (Å²) in [5.74, 6) is 4.62. The molecular weight excluding hydrogens is 342 g/mol. The van der Waals surface area contributed by atoms with E-state index in [-0.39, 0.29) is 38.4 Å². The molecular formula is C13H31N3O9. The highest BCUT2D eigenvalue weighted by Crippen LogP contribution is 1.83. The van der Waals surface area contributed by atoms with Crippen LogP contribution in [-0.4, -0.2) is 67.2 Å². The molecule has 12 nitrogen and oxygen atoms in total. The van der Waals surface area contributed by atoms with E-state index in [0.717, 1.165) is 0 Å². The number of hydrogen-bond acceptors (Lipinski definition) is 11. The molecule has 0 spiro atoms. The monoisotopic (exact) mass is 373 g/mol. The zero-order valence-corrected chi connectivity index (χ0v) is 15.1. The van der Waals surface area contributed by atoms with Crippen molar-refractivity contribution in [2.75, 3.05) is 33.0 Å². The lowest BCUT2D eigenvalue weighted by Crippen LogP contribution is -2.25. The van der Waals surface area contributed by atoms with Crippen LogP contribution in [0.2, 0.25) is 0 Å². The van der Waals surface area contributed by atoms with Crippen LogP contribution in [0.3, 0.4) is 0 Å². The summed E-state index contributed by atoms with van der Waals surface area (Å²) < 4.78 is 13.0. The normalized spacial score (nSPS) is 7.52. The van der Waals surface area contributed by atoms with E-state index in [4.69, 9.17) is 10.8 Å². The quantitative estimate of drug-likeness (QED) is 0.126. The third kappa shape index (κ3) is 30.3. The van der Waals surface area contributed by atoms with Crippen molar-refractivity contribution >= 4 is 23.7 Å². The average molecular weight is 373 g/mol. The van der Waals surface area contributed by atoms with Gasteiger partial charge in [0.25, 0.3) is 5.78 Å². The number of hydrogen-bond donors (Lipinski definition) is 4. The number of nitrogens with two attached hydrogens (primary N) is 3. The van der Waals surface area contributed by atoms with E-state index >= 15 is 0 Å². The maximum absolute atomic E-state index is 10.4. The summed E-state index contributed by atoms with van der Waals surface area (Å²) >= 11 is 0. The van der Waals surface area contributed by atoms with Crippen molar-refractivity contribution < 1.29 is 44.0 Å². The number of hydrazine groups is 1. The number of ketones is 1. The molecule has 0 atom stereocenters. The number of esters is 3. The van der Waals surface area contributed by atoms with E-state index in [9.17, 15) is 19.2 Å². The summed E-state index contributed by atoms with van der Waals surface area (Å²) in [4.78, 5) is 41.5. The second-order valence-electron chi connectivity index (χ2n) is 3.10. The Hall–Kier alpha value is -2.12. The topological polar surface area (TPSA) is 226 Å². The van der Waals surface area contributed by atoms with Gasteiger partial charge in [-0.25, -0.2) is 14.4 Å². The first-order chi connectivity index (χ1) is 11.4. The Morgan fingerprint density at radius 3 is 1.20 bits per heavy atom. The van der Waals surface area contributed by atoms with Crippen molar-refractivity contribution in [3.05, 3.63) is 0 Å². The Labute approximate surface area is 146 Å². The first-order valence-corrected chi connectivity index (χ1v) is 7.03. The molecule has 0 unspecified atom stereocenters. The second-order valence-corrected chi connectivity index (χ2v) is 3.10. The van der Waals surface area contributed by atoms with Crippen LogP contribution in [0.15, 0.2) is 0 Å². The van der Waals surface area contributed by atoms with Gasteiger partial charge in [0.2, 0.25) is 0 Å². The average Bonchev–Trinajstić information content (AvgIpc) is 2.58. The van der Waals surface area contributed by atoms with Gasteiger partial charge in [0.05, 0.1) is 26.4 Å². The first-order valence-electron chi connectivity index (χ1n) is 7.03. The number of carbonyl (C=O) groups excluding carboxylic acids is 4. The Bertz CT molecular complexity index is 323. The Morgan fingerprint density at radius 1 is 0.760 bits per heavy atom. The van der Waals surface area contributed by atoms with Crippen LogP contribution >= 0.6 is 0 Å². The predicted molar refractivity (Wildman–Crippen MR) is 88.7 cm³/mol. The Morgan fingerprint density at radius 2 is 1.00 bits per heavy atom. The molecule has 0 amide bonds. The van der Waals surface area contributed by atoms with Crippen molar-refractivity contribution in [1.82, 2.24) is 0 Å². The molecule has 0 radical (unpaired) electrons. The van der Waals surface area contributed by atoms with Gasteiger partial charge in [0.1, 0.15) is 0 Å². The zero-order chi connectivity index (χ0) is 20.0. The minimum atomic E-state index is -0.927. The molecule has 0 aliphatic rings. The minimum Gasteiger partial charge on any atom is -0.460 e. The van der Waals surface area contributed by atoms with Crippen molar-refractivity contribution in [1.29, 1.82) is 0 Å². The molecule has 25 heavy (non-hydrogen) atoms. The van der Waals surface area contributed by atoms with E-state index in [1.807, 2.05) is 0 Å². The lowest BCUT2D eigenvalue weighted by molar-refractivity contribution is -0.167. The molecule has 0 aromatic rings. The lowest BCUT2D eigenvalue weighted by atomic mass is 10.4. The number of Topliss-reactive ketones (excluding diaryl/α,β-unsaturated/α-hetero) is 1. The van der Waals surface area contributed by atoms with Gasteiger partial charge in [-0.1, -0.05) is 0 Å². The summed E-state index contributed by atoms with van der Waals surface area (Å²) in [5, 5.41) is 7.57. The summed E-state index contributed by atoms with van der Waals surface area (Å²) in [6.45, 7) is 7.12. The zero-order valence-electron chi connectivity index (χ0n) is 15.1. The van der Waals surface area contributed by atoms with Crippen LogP contribution in [0.5, 0.6) is 0 Å². The molecule has 0 aromatic heterocycles. The van der Waals surface area contributed by atoms with Gasteiger partial charge in [0.15, 0.2) is 0 Å². The molecule has 0 saturated carbocycles. The maximum atomic E-state index is 10.4. The third-order valence-electron chi connectivity index (χ3n) is 1.41. The first kappa shape index (κ1) is 34.3. The molecule has 0 heterocycles. The number of ether oxygens (including phenoxy) is 3. The van der Waals surface area contributed by atoms with Crippen molar-refractivity contribution in [2.45, 2.75) is 27.7 Å². The molecule has 0 saturated heterocycles. The minimum absolute atomic E-state index is 0. The number of aliphatic hydroxyl groups is 1. The molecule has 0 bridgehead atoms. The molecule has 9 N–H and O–H groups in total. The summed E-state index contributed by atoms with van der Waals surface area (Å²) in [5.41, 5.74) is 4.85. The van der Waals surface area contributed by atoms with Crippen molar-refractivity contribution in [3.8, 4) is 0 Å². The summed E-state index contributed by atoms with van der Waals surface area (Å²) in [6.07, 6.45) is 0. The SMILES string of the molecule is CCO.CCOC(=O)C(=O)CN.CCOC(=O)C(=O)OCC.NN.O. The standard InChI is InChI=1S/C6H10O4.C5H9NO3.C2H6O.H4N2.H2O/c1-3-9-5(7)6(8)10-4-2;1-2-9-5(8)4(7)3-6;1-2-3;1-2;/h3-4H2,1-2H3;2-3,6H2,1H3;3H,2H2,1H3;1-2H2;1H2. The highest BCUT2D eigenvalue weighted by atomic mass is 16.6. The fourth-order valence-corrected chi connectivity index (χ4v) is 0.675. The Balaban J connectivity index is -0.0000000823. The van der Waals surface area contributed by atoms with Gasteiger partial charge in [-0.15, -0.1) is 0 Å². The van der Waals surface area contributed by atoms with E-state index in [1.165, 1.54) is 0 Å². The smallest absolute Gasteiger partial charge is 0.417 e. The number of carbonyl (C=O) groups is 4. The second kappa shape index (κ2) is 29.8. The summed E-state index contributed by atoms with van der Waals surface area (Å²) in [6, 6.07) is 0. The van der Waals surface area contributed by atoms with Crippen molar-refractivity contribution in [3.63, 3.8) is 0 Å². The highest BCUT2D eigenvalue weighted by molar-refractivity contribution is 6.34. The molecule has 12 heteroatoms. The molecule has 0 aromatic carbocycles. The number of rotatable bonds is 5. The van der Waals surface area contributed by atoms with Crippen LogP contribution in [-0.2, 0) is 33.4 Å². The highest BCUT2D eigenvalue weighted by Gasteiger charge is 2.14. The fraction of sp³-hybridized carbons (Fsp3) is 0.692. The van der Waals surface area contributed by atoms with E-state index < -0.39 is 23.7 Å².